The maximum Gasteiger partial charge on any atom is 0.308 e. The third-order valence-corrected chi connectivity index (χ3v) is 7.08. The standard InChI is InChI=1S/C30H62N2O3/c1-4-7-10-12-14-18-22-28(21-17-11-8-5-2)30(34)35-25-20-16-13-15-19-24-32(23-9-6-3)27-29(33)26-31/h28-29,33H,4-27,31H2,1-3H3. The van der Waals surface area contributed by atoms with E-state index in [4.69, 9.17) is 10.5 Å². The largest absolute Gasteiger partial charge is 0.465 e. The second kappa shape index (κ2) is 26.4. The Balaban J connectivity index is 4.06. The van der Waals surface area contributed by atoms with Gasteiger partial charge in [-0.1, -0.05) is 111 Å². The molecule has 0 aliphatic carbocycles. The summed E-state index contributed by atoms with van der Waals surface area (Å²) in [5.74, 6) is 0.163. The van der Waals surface area contributed by atoms with Crippen molar-refractivity contribution in [3.05, 3.63) is 0 Å². The zero-order chi connectivity index (χ0) is 26.0. The number of hydrogen-bond acceptors (Lipinski definition) is 5. The summed E-state index contributed by atoms with van der Waals surface area (Å²) in [6.07, 6.45) is 22.1. The van der Waals surface area contributed by atoms with Gasteiger partial charge in [0, 0.05) is 13.1 Å². The third kappa shape index (κ3) is 22.3. The molecule has 0 fully saturated rings. The summed E-state index contributed by atoms with van der Waals surface area (Å²) in [4.78, 5) is 15.1. The van der Waals surface area contributed by atoms with Crippen LogP contribution in [0.5, 0.6) is 0 Å². The van der Waals surface area contributed by atoms with E-state index in [1.165, 1.54) is 77.0 Å². The van der Waals surface area contributed by atoms with Crippen LogP contribution in [0.2, 0.25) is 0 Å². The van der Waals surface area contributed by atoms with Crippen LogP contribution in [0.1, 0.15) is 143 Å². The van der Waals surface area contributed by atoms with Crippen molar-refractivity contribution in [2.24, 2.45) is 11.7 Å². The SMILES string of the molecule is CCCCCCCCC(CCCCCC)C(=O)OCCCCCCCN(CCCC)CC(O)CN. The Hall–Kier alpha value is -0.650. The second-order valence-electron chi connectivity index (χ2n) is 10.6. The summed E-state index contributed by atoms with van der Waals surface area (Å²) in [6.45, 7) is 10.4. The number of unbranched alkanes of at least 4 members (excludes halogenated alkanes) is 13. The van der Waals surface area contributed by atoms with Crippen molar-refractivity contribution < 1.29 is 14.6 Å². The lowest BCUT2D eigenvalue weighted by Gasteiger charge is -2.24. The molecule has 5 nitrogen and oxygen atoms in total. The molecule has 0 aromatic rings. The molecule has 0 saturated heterocycles. The van der Waals surface area contributed by atoms with Gasteiger partial charge < -0.3 is 20.5 Å². The first kappa shape index (κ1) is 34.4. The van der Waals surface area contributed by atoms with Crippen LogP contribution in [0.15, 0.2) is 0 Å². The molecule has 0 aromatic carbocycles. The van der Waals surface area contributed by atoms with Crippen molar-refractivity contribution in [3.63, 3.8) is 0 Å². The molecule has 3 N–H and O–H groups in total. The van der Waals surface area contributed by atoms with Gasteiger partial charge in [0.1, 0.15) is 0 Å². The molecule has 0 aliphatic heterocycles. The van der Waals surface area contributed by atoms with Crippen LogP contribution >= 0.6 is 0 Å². The Kier molecular flexibility index (Phi) is 25.9. The first-order valence-corrected chi connectivity index (χ1v) is 15.4. The Labute approximate surface area is 218 Å². The molecule has 0 heterocycles. The minimum atomic E-state index is -0.418. The molecular weight excluding hydrogens is 436 g/mol. The van der Waals surface area contributed by atoms with E-state index in [1.807, 2.05) is 0 Å². The summed E-state index contributed by atoms with van der Waals surface area (Å²) >= 11 is 0. The summed E-state index contributed by atoms with van der Waals surface area (Å²) in [5.41, 5.74) is 5.58. The molecule has 2 unspecified atom stereocenters. The van der Waals surface area contributed by atoms with Crippen LogP contribution in [-0.4, -0.2) is 54.9 Å². The van der Waals surface area contributed by atoms with E-state index in [-0.39, 0.29) is 11.9 Å². The number of ether oxygens (including phenoxy) is 1. The van der Waals surface area contributed by atoms with E-state index in [0.717, 1.165) is 58.0 Å². The van der Waals surface area contributed by atoms with Gasteiger partial charge in [0.25, 0.3) is 0 Å². The fraction of sp³-hybridized carbons (Fsp3) is 0.967. The Morgan fingerprint density at radius 2 is 1.20 bits per heavy atom. The van der Waals surface area contributed by atoms with Gasteiger partial charge in [-0.2, -0.15) is 0 Å². The number of rotatable bonds is 27. The predicted octanol–water partition coefficient (Wildman–Crippen LogP) is 7.24. The molecule has 0 aliphatic rings. The number of aliphatic hydroxyl groups is 1. The number of esters is 1. The fourth-order valence-corrected chi connectivity index (χ4v) is 4.68. The van der Waals surface area contributed by atoms with Crippen molar-refractivity contribution in [1.82, 2.24) is 4.90 Å². The Morgan fingerprint density at radius 3 is 1.80 bits per heavy atom. The normalized spacial score (nSPS) is 13.3. The molecule has 5 heteroatoms. The van der Waals surface area contributed by atoms with Crippen molar-refractivity contribution >= 4 is 5.97 Å². The molecule has 2 atom stereocenters. The molecule has 0 rings (SSSR count). The van der Waals surface area contributed by atoms with Crippen molar-refractivity contribution in [2.45, 2.75) is 149 Å². The van der Waals surface area contributed by atoms with Gasteiger partial charge in [0.2, 0.25) is 0 Å². The highest BCUT2D eigenvalue weighted by Gasteiger charge is 2.19. The molecule has 210 valence electrons. The van der Waals surface area contributed by atoms with Gasteiger partial charge in [-0.25, -0.2) is 0 Å². The van der Waals surface area contributed by atoms with E-state index in [9.17, 15) is 9.90 Å². The van der Waals surface area contributed by atoms with Gasteiger partial charge in [0.05, 0.1) is 18.6 Å². The average molecular weight is 499 g/mol. The molecule has 0 amide bonds. The van der Waals surface area contributed by atoms with Gasteiger partial charge in [0.15, 0.2) is 0 Å². The third-order valence-electron chi connectivity index (χ3n) is 7.08. The highest BCUT2D eigenvalue weighted by atomic mass is 16.5. The molecule has 0 radical (unpaired) electrons. The maximum atomic E-state index is 12.7. The molecular formula is C30H62N2O3. The van der Waals surface area contributed by atoms with Crippen molar-refractivity contribution in [1.29, 1.82) is 0 Å². The van der Waals surface area contributed by atoms with Crippen molar-refractivity contribution in [3.8, 4) is 0 Å². The summed E-state index contributed by atoms with van der Waals surface area (Å²) < 4.78 is 5.72. The maximum absolute atomic E-state index is 12.7. The number of nitrogens with two attached hydrogens (primary N) is 1. The van der Waals surface area contributed by atoms with Crippen LogP contribution < -0.4 is 5.73 Å². The number of nitrogens with zero attached hydrogens (tertiary/aromatic N) is 1. The zero-order valence-electron chi connectivity index (χ0n) is 23.9. The van der Waals surface area contributed by atoms with E-state index >= 15 is 0 Å². The average Bonchev–Trinajstić information content (AvgIpc) is 2.86. The van der Waals surface area contributed by atoms with E-state index in [2.05, 4.69) is 25.7 Å². The predicted molar refractivity (Wildman–Crippen MR) is 151 cm³/mol. The second-order valence-corrected chi connectivity index (χ2v) is 10.6. The number of hydrogen-bond donors (Lipinski definition) is 2. The number of carbonyl (C=O) groups excluding carboxylic acids is 1. The zero-order valence-corrected chi connectivity index (χ0v) is 23.9. The highest BCUT2D eigenvalue weighted by Crippen LogP contribution is 2.20. The molecule has 0 aromatic heterocycles. The van der Waals surface area contributed by atoms with Gasteiger partial charge >= 0.3 is 5.97 Å². The highest BCUT2D eigenvalue weighted by molar-refractivity contribution is 5.72. The lowest BCUT2D eigenvalue weighted by atomic mass is 9.94. The summed E-state index contributed by atoms with van der Waals surface area (Å²) in [6, 6.07) is 0. The fourth-order valence-electron chi connectivity index (χ4n) is 4.68. The molecule has 0 saturated carbocycles. The minimum Gasteiger partial charge on any atom is -0.465 e. The first-order chi connectivity index (χ1) is 17.1. The van der Waals surface area contributed by atoms with Gasteiger partial charge in [-0.05, 0) is 45.2 Å². The van der Waals surface area contributed by atoms with Crippen LogP contribution in [0, 0.1) is 5.92 Å². The van der Waals surface area contributed by atoms with E-state index in [1.54, 1.807) is 0 Å². The Morgan fingerprint density at radius 1 is 0.714 bits per heavy atom. The number of carbonyl (C=O) groups is 1. The van der Waals surface area contributed by atoms with Crippen LogP contribution in [0.25, 0.3) is 0 Å². The summed E-state index contributed by atoms with van der Waals surface area (Å²) in [7, 11) is 0. The first-order valence-electron chi connectivity index (χ1n) is 15.4. The van der Waals surface area contributed by atoms with Crippen LogP contribution in [0.3, 0.4) is 0 Å². The number of aliphatic hydroxyl groups excluding tert-OH is 1. The Bertz CT molecular complexity index is 447. The lowest BCUT2D eigenvalue weighted by Crippen LogP contribution is -2.37. The van der Waals surface area contributed by atoms with E-state index in [0.29, 0.717) is 19.7 Å². The monoisotopic (exact) mass is 498 g/mol. The van der Waals surface area contributed by atoms with Gasteiger partial charge in [-0.3, -0.25) is 4.79 Å². The van der Waals surface area contributed by atoms with Crippen LogP contribution in [-0.2, 0) is 9.53 Å². The topological polar surface area (TPSA) is 75.8 Å². The smallest absolute Gasteiger partial charge is 0.308 e. The summed E-state index contributed by atoms with van der Waals surface area (Å²) in [5, 5.41) is 9.87. The minimum absolute atomic E-state index is 0.0556. The lowest BCUT2D eigenvalue weighted by molar-refractivity contribution is -0.149. The molecule has 0 bridgehead atoms. The van der Waals surface area contributed by atoms with Gasteiger partial charge in [-0.15, -0.1) is 0 Å². The molecule has 35 heavy (non-hydrogen) atoms. The van der Waals surface area contributed by atoms with Crippen molar-refractivity contribution in [2.75, 3.05) is 32.8 Å². The molecule has 0 spiro atoms. The quantitative estimate of drug-likeness (QED) is 0.0922. The van der Waals surface area contributed by atoms with E-state index < -0.39 is 6.10 Å². The van der Waals surface area contributed by atoms with Crippen LogP contribution in [0.4, 0.5) is 0 Å².